The maximum absolute atomic E-state index is 12.8. The molecule has 0 fully saturated rings. The van der Waals surface area contributed by atoms with Gasteiger partial charge in [0.15, 0.2) is 0 Å². The first-order valence-corrected chi connectivity index (χ1v) is 11.5. The summed E-state index contributed by atoms with van der Waals surface area (Å²) in [6, 6.07) is 24.0. The molecule has 6 heteroatoms. The lowest BCUT2D eigenvalue weighted by Gasteiger charge is -2.19. The van der Waals surface area contributed by atoms with E-state index in [0.717, 1.165) is 29.5 Å². The number of unbranched alkanes of at least 4 members (excludes halogenated alkanes) is 1. The first-order valence-electron chi connectivity index (χ1n) is 11.5. The number of hydrogen-bond acceptors (Lipinski definition) is 3. The Morgan fingerprint density at radius 3 is 2.03 bits per heavy atom. The molecule has 3 amide bonds. The van der Waals surface area contributed by atoms with Crippen molar-refractivity contribution in [1.29, 1.82) is 0 Å². The normalized spacial score (nSPS) is 11.7. The predicted molar refractivity (Wildman–Crippen MR) is 140 cm³/mol. The van der Waals surface area contributed by atoms with Crippen LogP contribution >= 0.6 is 0 Å². The summed E-state index contributed by atoms with van der Waals surface area (Å²) in [5.74, 6) is -0.252. The Bertz CT molecular complexity index is 1080. The Hall–Kier alpha value is -3.90. The van der Waals surface area contributed by atoms with Crippen LogP contribution in [-0.4, -0.2) is 24.5 Å². The lowest BCUT2D eigenvalue weighted by molar-refractivity contribution is -0.118. The van der Waals surface area contributed by atoms with Gasteiger partial charge in [-0.25, -0.2) is 4.79 Å². The summed E-state index contributed by atoms with van der Waals surface area (Å²) in [4.78, 5) is 25.4. The van der Waals surface area contributed by atoms with Crippen molar-refractivity contribution in [3.8, 4) is 0 Å². The lowest BCUT2D eigenvalue weighted by Crippen LogP contribution is -2.45. The molecule has 34 heavy (non-hydrogen) atoms. The molecule has 1 atom stereocenters. The topological polar surface area (TPSA) is 96.2 Å². The van der Waals surface area contributed by atoms with E-state index in [9.17, 15) is 9.59 Å². The van der Waals surface area contributed by atoms with Crippen molar-refractivity contribution < 1.29 is 9.59 Å². The Morgan fingerprint density at radius 2 is 1.38 bits per heavy atom. The molecular formula is C28H32N4O2. The Kier molecular flexibility index (Phi) is 9.43. The molecule has 3 aromatic rings. The van der Waals surface area contributed by atoms with Crippen molar-refractivity contribution in [2.24, 2.45) is 5.73 Å². The molecule has 0 saturated carbocycles. The summed E-state index contributed by atoms with van der Waals surface area (Å²) >= 11 is 0. The van der Waals surface area contributed by atoms with Crippen LogP contribution in [0.4, 0.5) is 16.2 Å². The summed E-state index contributed by atoms with van der Waals surface area (Å²) in [6.45, 7) is 2.53. The van der Waals surface area contributed by atoms with Crippen molar-refractivity contribution in [3.63, 3.8) is 0 Å². The highest BCUT2D eigenvalue weighted by atomic mass is 16.2. The van der Waals surface area contributed by atoms with E-state index < -0.39 is 12.1 Å². The number of benzene rings is 3. The molecular weight excluding hydrogens is 424 g/mol. The van der Waals surface area contributed by atoms with Gasteiger partial charge < -0.3 is 21.7 Å². The largest absolute Gasteiger partial charge is 0.330 e. The maximum Gasteiger partial charge on any atom is 0.319 e. The standard InChI is InChI=1S/C28H32N4O2/c1-21-10-16-24(17-11-21)30-27(33)26(9-5-6-20-29)32-28(34)31-25-18-14-23(15-19-25)13-12-22-7-3-2-4-8-22/h2-4,7-8,10-19,26H,5-6,9,20,29H2,1H3,(H,30,33)(H2,31,32,34)/b13-12+/t26-/m0/s1. The molecule has 0 saturated heterocycles. The van der Waals surface area contributed by atoms with E-state index in [4.69, 9.17) is 5.73 Å². The predicted octanol–water partition coefficient (Wildman–Crippen LogP) is 5.42. The summed E-state index contributed by atoms with van der Waals surface area (Å²) < 4.78 is 0. The fourth-order valence-corrected chi connectivity index (χ4v) is 3.39. The van der Waals surface area contributed by atoms with Gasteiger partial charge in [-0.2, -0.15) is 0 Å². The average Bonchev–Trinajstić information content (AvgIpc) is 2.85. The van der Waals surface area contributed by atoms with E-state index in [1.165, 1.54) is 0 Å². The number of anilines is 2. The molecule has 0 aliphatic carbocycles. The van der Waals surface area contributed by atoms with Gasteiger partial charge in [0, 0.05) is 11.4 Å². The molecule has 0 radical (unpaired) electrons. The van der Waals surface area contributed by atoms with Crippen molar-refractivity contribution in [1.82, 2.24) is 5.32 Å². The maximum atomic E-state index is 12.8. The van der Waals surface area contributed by atoms with Crippen molar-refractivity contribution in [2.45, 2.75) is 32.2 Å². The van der Waals surface area contributed by atoms with E-state index >= 15 is 0 Å². The third-order valence-electron chi connectivity index (χ3n) is 5.32. The van der Waals surface area contributed by atoms with Crippen LogP contribution in [0.25, 0.3) is 12.2 Å². The van der Waals surface area contributed by atoms with E-state index in [1.54, 1.807) is 0 Å². The van der Waals surface area contributed by atoms with Gasteiger partial charge in [0.1, 0.15) is 6.04 Å². The fraction of sp³-hybridized carbons (Fsp3) is 0.214. The second-order valence-electron chi connectivity index (χ2n) is 8.16. The molecule has 0 unspecified atom stereocenters. The Balaban J connectivity index is 1.57. The van der Waals surface area contributed by atoms with Crippen molar-refractivity contribution in [2.75, 3.05) is 17.2 Å². The molecule has 0 spiro atoms. The second-order valence-corrected chi connectivity index (χ2v) is 8.16. The molecule has 0 aromatic heterocycles. The fourth-order valence-electron chi connectivity index (χ4n) is 3.39. The zero-order chi connectivity index (χ0) is 24.2. The van der Waals surface area contributed by atoms with E-state index in [2.05, 4.69) is 16.0 Å². The SMILES string of the molecule is Cc1ccc(NC(=O)[C@H](CCCCN)NC(=O)Nc2ccc(/C=C/c3ccccc3)cc2)cc1. The highest BCUT2D eigenvalue weighted by molar-refractivity contribution is 5.99. The number of nitrogens with two attached hydrogens (primary N) is 1. The minimum Gasteiger partial charge on any atom is -0.330 e. The lowest BCUT2D eigenvalue weighted by atomic mass is 10.1. The molecule has 5 N–H and O–H groups in total. The Morgan fingerprint density at radius 1 is 0.794 bits per heavy atom. The number of aryl methyl sites for hydroxylation is 1. The van der Waals surface area contributed by atoms with E-state index in [-0.39, 0.29) is 5.91 Å². The van der Waals surface area contributed by atoms with Gasteiger partial charge in [-0.05, 0) is 68.1 Å². The number of amides is 3. The molecule has 0 bridgehead atoms. The van der Waals surface area contributed by atoms with Gasteiger partial charge in [0.05, 0.1) is 0 Å². The zero-order valence-electron chi connectivity index (χ0n) is 19.5. The molecule has 3 aromatic carbocycles. The van der Waals surface area contributed by atoms with Crippen molar-refractivity contribution in [3.05, 3.63) is 95.6 Å². The molecule has 176 valence electrons. The summed E-state index contributed by atoms with van der Waals surface area (Å²) in [5.41, 5.74) is 10.2. The first-order chi connectivity index (χ1) is 16.5. The van der Waals surface area contributed by atoms with Crippen LogP contribution in [-0.2, 0) is 4.79 Å². The van der Waals surface area contributed by atoms with Crippen LogP contribution < -0.4 is 21.7 Å². The molecule has 0 aliphatic heterocycles. The van der Waals surface area contributed by atoms with Gasteiger partial charge in [-0.1, -0.05) is 72.3 Å². The van der Waals surface area contributed by atoms with Crippen LogP contribution in [0.2, 0.25) is 0 Å². The van der Waals surface area contributed by atoms with Crippen LogP contribution in [0.5, 0.6) is 0 Å². The highest BCUT2D eigenvalue weighted by Crippen LogP contribution is 2.14. The molecule has 0 aliphatic rings. The smallest absolute Gasteiger partial charge is 0.319 e. The quantitative estimate of drug-likeness (QED) is 0.242. The van der Waals surface area contributed by atoms with Gasteiger partial charge in [-0.15, -0.1) is 0 Å². The minimum atomic E-state index is -0.666. The van der Waals surface area contributed by atoms with Crippen molar-refractivity contribution >= 4 is 35.5 Å². The summed E-state index contributed by atoms with van der Waals surface area (Å²) in [5, 5.41) is 8.49. The van der Waals surface area contributed by atoms with Gasteiger partial charge in [-0.3, -0.25) is 4.79 Å². The molecule has 0 heterocycles. The number of carbonyl (C=O) groups excluding carboxylic acids is 2. The van der Waals surface area contributed by atoms with Crippen LogP contribution in [0, 0.1) is 6.92 Å². The van der Waals surface area contributed by atoms with E-state index in [1.807, 2.05) is 97.9 Å². The van der Waals surface area contributed by atoms with Crippen LogP contribution in [0.3, 0.4) is 0 Å². The molecule has 6 nitrogen and oxygen atoms in total. The number of carbonyl (C=O) groups is 2. The summed E-state index contributed by atoms with van der Waals surface area (Å²) in [7, 11) is 0. The zero-order valence-corrected chi connectivity index (χ0v) is 19.5. The highest BCUT2D eigenvalue weighted by Gasteiger charge is 2.20. The number of nitrogens with one attached hydrogen (secondary N) is 3. The van der Waals surface area contributed by atoms with Crippen LogP contribution in [0.1, 0.15) is 36.0 Å². The van der Waals surface area contributed by atoms with Crippen LogP contribution in [0.15, 0.2) is 78.9 Å². The molecule has 3 rings (SSSR count). The Labute approximate surface area is 201 Å². The first kappa shape index (κ1) is 24.7. The third kappa shape index (κ3) is 8.22. The minimum absolute atomic E-state index is 0.252. The third-order valence-corrected chi connectivity index (χ3v) is 5.32. The summed E-state index contributed by atoms with van der Waals surface area (Å²) in [6.07, 6.45) is 6.09. The number of hydrogen-bond donors (Lipinski definition) is 4. The number of rotatable bonds is 10. The number of urea groups is 1. The van der Waals surface area contributed by atoms with Gasteiger partial charge in [0.2, 0.25) is 5.91 Å². The average molecular weight is 457 g/mol. The van der Waals surface area contributed by atoms with E-state index in [0.29, 0.717) is 24.3 Å². The monoisotopic (exact) mass is 456 g/mol. The van der Waals surface area contributed by atoms with Gasteiger partial charge >= 0.3 is 6.03 Å². The van der Waals surface area contributed by atoms with Gasteiger partial charge in [0.25, 0.3) is 0 Å². The second kappa shape index (κ2) is 13.0.